The highest BCUT2D eigenvalue weighted by atomic mass is 35.5. The lowest BCUT2D eigenvalue weighted by Crippen LogP contribution is -2.37. The minimum absolute atomic E-state index is 0.0336. The molecule has 10 heteroatoms. The van der Waals surface area contributed by atoms with Gasteiger partial charge in [-0.25, -0.2) is 9.97 Å². The lowest BCUT2D eigenvalue weighted by atomic mass is 9.97. The molecule has 1 aliphatic rings. The average molecular weight is 416 g/mol. The number of hydrogen-bond donors (Lipinski definition) is 1. The summed E-state index contributed by atoms with van der Waals surface area (Å²) in [4.78, 5) is 21.2. The predicted octanol–water partition coefficient (Wildman–Crippen LogP) is 4.03. The fraction of sp³-hybridized carbons (Fsp3) is 0.389. The van der Waals surface area contributed by atoms with Gasteiger partial charge in [-0.3, -0.25) is 4.79 Å². The van der Waals surface area contributed by atoms with Gasteiger partial charge in [-0.1, -0.05) is 17.7 Å². The van der Waals surface area contributed by atoms with Crippen molar-refractivity contribution in [2.75, 3.05) is 18.0 Å². The maximum Gasteiger partial charge on any atom is 0.416 e. The molecule has 0 unspecified atom stereocenters. The highest BCUT2D eigenvalue weighted by molar-refractivity contribution is 6.31. The summed E-state index contributed by atoms with van der Waals surface area (Å²) in [5, 5.41) is 8.99. The Morgan fingerprint density at radius 1 is 1.25 bits per heavy atom. The molecule has 1 aromatic heterocycles. The van der Waals surface area contributed by atoms with E-state index in [-0.39, 0.29) is 28.9 Å². The van der Waals surface area contributed by atoms with Crippen LogP contribution in [0.4, 0.5) is 19.1 Å². The van der Waals surface area contributed by atoms with Gasteiger partial charge in [0.2, 0.25) is 5.95 Å². The third-order valence-corrected chi connectivity index (χ3v) is 4.90. The highest BCUT2D eigenvalue weighted by Gasteiger charge is 2.34. The van der Waals surface area contributed by atoms with E-state index in [1.807, 2.05) is 4.90 Å². The van der Waals surface area contributed by atoms with E-state index in [1.165, 1.54) is 24.5 Å². The number of alkyl halides is 3. The van der Waals surface area contributed by atoms with Crippen LogP contribution in [-0.4, -0.2) is 34.1 Å². The first-order valence-corrected chi connectivity index (χ1v) is 8.90. The van der Waals surface area contributed by atoms with E-state index in [2.05, 4.69) is 9.97 Å². The first kappa shape index (κ1) is 20.2. The summed E-state index contributed by atoms with van der Waals surface area (Å²) in [5.41, 5.74) is -1.00. The Morgan fingerprint density at radius 2 is 1.89 bits per heavy atom. The Bertz CT molecular complexity index is 838. The third kappa shape index (κ3) is 4.64. The fourth-order valence-corrected chi connectivity index (χ4v) is 3.23. The molecule has 0 spiro atoms. The summed E-state index contributed by atoms with van der Waals surface area (Å²) in [5.74, 6) is -0.540. The Hall–Kier alpha value is -2.55. The molecule has 0 aliphatic carbocycles. The van der Waals surface area contributed by atoms with Crippen LogP contribution in [0.2, 0.25) is 5.02 Å². The van der Waals surface area contributed by atoms with Crippen molar-refractivity contribution >= 4 is 23.5 Å². The molecule has 0 amide bonds. The van der Waals surface area contributed by atoms with Crippen molar-refractivity contribution < 1.29 is 27.8 Å². The number of piperidine rings is 1. The van der Waals surface area contributed by atoms with E-state index >= 15 is 0 Å². The minimum Gasteiger partial charge on any atom is -0.486 e. The van der Waals surface area contributed by atoms with Gasteiger partial charge in [-0.05, 0) is 25.0 Å². The Balaban J connectivity index is 1.64. The first-order valence-electron chi connectivity index (χ1n) is 8.53. The van der Waals surface area contributed by atoms with Gasteiger partial charge >= 0.3 is 12.1 Å². The molecule has 0 atom stereocenters. The molecule has 1 aromatic carbocycles. The van der Waals surface area contributed by atoms with Gasteiger partial charge in [0.25, 0.3) is 0 Å². The number of anilines is 1. The second-order valence-corrected chi connectivity index (χ2v) is 6.78. The number of aliphatic carboxylic acids is 1. The van der Waals surface area contributed by atoms with Gasteiger partial charge < -0.3 is 14.7 Å². The molecule has 150 valence electrons. The number of aromatic nitrogens is 2. The van der Waals surface area contributed by atoms with Gasteiger partial charge in [0.15, 0.2) is 5.75 Å². The van der Waals surface area contributed by atoms with Crippen LogP contribution >= 0.6 is 11.6 Å². The molecule has 1 fully saturated rings. The molecule has 0 radical (unpaired) electrons. The Morgan fingerprint density at radius 3 is 2.46 bits per heavy atom. The summed E-state index contributed by atoms with van der Waals surface area (Å²) in [6.07, 6.45) is -0.787. The van der Waals surface area contributed by atoms with Crippen molar-refractivity contribution in [3.8, 4) is 5.75 Å². The SMILES string of the molecule is O=C(O)C1CCN(c2ncc(OCc3c(Cl)cccc3C(F)(F)F)cn2)CC1. The van der Waals surface area contributed by atoms with Crippen molar-refractivity contribution in [2.45, 2.75) is 25.6 Å². The van der Waals surface area contributed by atoms with Crippen LogP contribution in [-0.2, 0) is 17.6 Å². The number of carboxylic acids is 1. The van der Waals surface area contributed by atoms with Gasteiger partial charge in [-0.2, -0.15) is 13.2 Å². The Labute approximate surface area is 163 Å². The molecule has 6 nitrogen and oxygen atoms in total. The summed E-state index contributed by atoms with van der Waals surface area (Å²) >= 11 is 5.90. The summed E-state index contributed by atoms with van der Waals surface area (Å²) < 4.78 is 44.7. The van der Waals surface area contributed by atoms with Gasteiger partial charge in [-0.15, -0.1) is 0 Å². The Kier molecular flexibility index (Phi) is 5.93. The van der Waals surface area contributed by atoms with Gasteiger partial charge in [0, 0.05) is 23.7 Å². The van der Waals surface area contributed by atoms with Crippen molar-refractivity contribution in [3.05, 3.63) is 46.7 Å². The molecule has 1 aliphatic heterocycles. The van der Waals surface area contributed by atoms with Crippen LogP contribution in [0.3, 0.4) is 0 Å². The maximum absolute atomic E-state index is 13.1. The maximum atomic E-state index is 13.1. The van der Waals surface area contributed by atoms with Crippen LogP contribution in [0.5, 0.6) is 5.75 Å². The zero-order valence-corrected chi connectivity index (χ0v) is 15.4. The molecule has 3 rings (SSSR count). The van der Waals surface area contributed by atoms with Gasteiger partial charge in [0.1, 0.15) is 6.61 Å². The second-order valence-electron chi connectivity index (χ2n) is 6.37. The number of carbonyl (C=O) groups is 1. The standard InChI is InChI=1S/C18H17ClF3N3O3/c19-15-3-1-2-14(18(20,21)22)13(15)10-28-12-8-23-17(24-9-12)25-6-4-11(5-7-25)16(26)27/h1-3,8-9,11H,4-7,10H2,(H,26,27). The van der Waals surface area contributed by atoms with Crippen LogP contribution in [0.25, 0.3) is 0 Å². The van der Waals surface area contributed by atoms with E-state index in [0.29, 0.717) is 31.9 Å². The molecular weight excluding hydrogens is 399 g/mol. The summed E-state index contributed by atoms with van der Waals surface area (Å²) in [6.45, 7) is 0.665. The molecule has 2 heterocycles. The van der Waals surface area contributed by atoms with Crippen molar-refractivity contribution in [1.29, 1.82) is 0 Å². The number of carboxylic acid groups (broad SMARTS) is 1. The molecular formula is C18H17ClF3N3O3. The largest absolute Gasteiger partial charge is 0.486 e. The number of halogens is 4. The molecule has 1 N–H and O–H groups in total. The number of nitrogens with zero attached hydrogens (tertiary/aromatic N) is 3. The molecule has 0 saturated carbocycles. The van der Waals surface area contributed by atoms with E-state index < -0.39 is 17.7 Å². The van der Waals surface area contributed by atoms with E-state index in [9.17, 15) is 18.0 Å². The molecule has 0 bridgehead atoms. The van der Waals surface area contributed by atoms with Crippen molar-refractivity contribution in [3.63, 3.8) is 0 Å². The fourth-order valence-electron chi connectivity index (χ4n) is 3.00. The minimum atomic E-state index is -4.54. The lowest BCUT2D eigenvalue weighted by molar-refractivity contribution is -0.142. The first-order chi connectivity index (χ1) is 13.3. The third-order valence-electron chi connectivity index (χ3n) is 4.55. The highest BCUT2D eigenvalue weighted by Crippen LogP contribution is 2.35. The zero-order valence-electron chi connectivity index (χ0n) is 14.6. The van der Waals surface area contributed by atoms with E-state index in [4.69, 9.17) is 21.4 Å². The molecule has 2 aromatic rings. The van der Waals surface area contributed by atoms with Crippen molar-refractivity contribution in [2.24, 2.45) is 5.92 Å². The normalized spacial score (nSPS) is 15.5. The second kappa shape index (κ2) is 8.22. The van der Waals surface area contributed by atoms with Crippen LogP contribution in [0.1, 0.15) is 24.0 Å². The molecule has 28 heavy (non-hydrogen) atoms. The van der Waals surface area contributed by atoms with Gasteiger partial charge in [0.05, 0.1) is 23.9 Å². The van der Waals surface area contributed by atoms with Crippen LogP contribution < -0.4 is 9.64 Å². The summed E-state index contributed by atoms with van der Waals surface area (Å²) in [7, 11) is 0. The number of ether oxygens (including phenoxy) is 1. The van der Waals surface area contributed by atoms with Crippen LogP contribution in [0.15, 0.2) is 30.6 Å². The van der Waals surface area contributed by atoms with E-state index in [1.54, 1.807) is 0 Å². The zero-order chi connectivity index (χ0) is 20.3. The van der Waals surface area contributed by atoms with Crippen LogP contribution in [0, 0.1) is 5.92 Å². The number of hydrogen-bond acceptors (Lipinski definition) is 5. The quantitative estimate of drug-likeness (QED) is 0.794. The smallest absolute Gasteiger partial charge is 0.416 e. The average Bonchev–Trinajstić information content (AvgIpc) is 2.66. The topological polar surface area (TPSA) is 75.5 Å². The van der Waals surface area contributed by atoms with E-state index in [0.717, 1.165) is 6.07 Å². The number of benzene rings is 1. The lowest BCUT2D eigenvalue weighted by Gasteiger charge is -2.29. The monoisotopic (exact) mass is 415 g/mol. The summed E-state index contributed by atoms with van der Waals surface area (Å²) in [6, 6.07) is 3.56. The van der Waals surface area contributed by atoms with Crippen molar-refractivity contribution in [1.82, 2.24) is 9.97 Å². The predicted molar refractivity (Wildman–Crippen MR) is 95.4 cm³/mol. The number of rotatable bonds is 5. The molecule has 1 saturated heterocycles.